The van der Waals surface area contributed by atoms with Crippen molar-refractivity contribution >= 4 is 17.6 Å². The SMILES string of the molecule is CC(C)Oc1ccc(N2C(=O)NC(C)(Cn3cccn3)C2=O)c(F)c1. The van der Waals surface area contributed by atoms with Crippen molar-refractivity contribution in [2.75, 3.05) is 4.90 Å². The Bertz CT molecular complexity index is 806. The summed E-state index contributed by atoms with van der Waals surface area (Å²) in [4.78, 5) is 25.9. The van der Waals surface area contributed by atoms with E-state index in [9.17, 15) is 14.0 Å². The first kappa shape index (κ1) is 16.9. The maximum absolute atomic E-state index is 14.5. The van der Waals surface area contributed by atoms with E-state index in [1.54, 1.807) is 25.4 Å². The van der Waals surface area contributed by atoms with E-state index in [2.05, 4.69) is 10.4 Å². The lowest BCUT2D eigenvalue weighted by molar-refractivity contribution is -0.122. The summed E-state index contributed by atoms with van der Waals surface area (Å²) < 4.78 is 21.4. The first-order valence-electron chi connectivity index (χ1n) is 7.90. The third kappa shape index (κ3) is 3.19. The lowest BCUT2D eigenvalue weighted by Gasteiger charge is -2.21. The van der Waals surface area contributed by atoms with Crippen LogP contribution in [0.15, 0.2) is 36.7 Å². The lowest BCUT2D eigenvalue weighted by atomic mass is 10.0. The Labute approximate surface area is 144 Å². The van der Waals surface area contributed by atoms with Gasteiger partial charge in [-0.2, -0.15) is 5.10 Å². The molecule has 0 aliphatic carbocycles. The van der Waals surface area contributed by atoms with Gasteiger partial charge in [-0.3, -0.25) is 9.48 Å². The monoisotopic (exact) mass is 346 g/mol. The van der Waals surface area contributed by atoms with Crippen LogP contribution in [-0.4, -0.2) is 33.4 Å². The van der Waals surface area contributed by atoms with Crippen LogP contribution in [0.1, 0.15) is 20.8 Å². The maximum Gasteiger partial charge on any atom is 0.329 e. The summed E-state index contributed by atoms with van der Waals surface area (Å²) >= 11 is 0. The molecule has 1 N–H and O–H groups in total. The number of ether oxygens (including phenoxy) is 1. The standard InChI is InChI=1S/C17H19FN4O3/c1-11(2)25-12-5-6-14(13(18)9-12)22-15(23)17(3,20-16(22)24)10-21-8-4-7-19-21/h4-9,11H,10H2,1-3H3,(H,20,24). The Balaban J connectivity index is 1.87. The molecular weight excluding hydrogens is 327 g/mol. The number of halogens is 1. The van der Waals surface area contributed by atoms with Gasteiger partial charge in [0.1, 0.15) is 11.3 Å². The Morgan fingerprint density at radius 1 is 1.36 bits per heavy atom. The number of amides is 3. The minimum atomic E-state index is -1.21. The van der Waals surface area contributed by atoms with E-state index >= 15 is 0 Å². The second-order valence-electron chi connectivity index (χ2n) is 6.39. The van der Waals surface area contributed by atoms with Gasteiger partial charge in [-0.15, -0.1) is 0 Å². The Hall–Kier alpha value is -2.90. The van der Waals surface area contributed by atoms with E-state index in [-0.39, 0.29) is 18.3 Å². The van der Waals surface area contributed by atoms with Crippen LogP contribution in [0.5, 0.6) is 5.75 Å². The number of imide groups is 1. The first-order valence-corrected chi connectivity index (χ1v) is 7.90. The predicted octanol–water partition coefficient (Wildman–Crippen LogP) is 2.32. The zero-order chi connectivity index (χ0) is 18.2. The fourth-order valence-corrected chi connectivity index (χ4v) is 2.74. The summed E-state index contributed by atoms with van der Waals surface area (Å²) in [6.45, 7) is 5.38. The second kappa shape index (κ2) is 6.19. The van der Waals surface area contributed by atoms with Crippen molar-refractivity contribution in [3.05, 3.63) is 42.5 Å². The van der Waals surface area contributed by atoms with E-state index in [0.717, 1.165) is 4.90 Å². The fourth-order valence-electron chi connectivity index (χ4n) is 2.74. The smallest absolute Gasteiger partial charge is 0.329 e. The molecule has 2 heterocycles. The number of carbonyl (C=O) groups excluding carboxylic acids is 2. The molecule has 0 spiro atoms. The van der Waals surface area contributed by atoms with Gasteiger partial charge in [0.15, 0.2) is 5.82 Å². The number of hydrogen-bond donors (Lipinski definition) is 1. The maximum atomic E-state index is 14.5. The van der Waals surface area contributed by atoms with Crippen molar-refractivity contribution in [3.63, 3.8) is 0 Å². The number of carbonyl (C=O) groups is 2. The van der Waals surface area contributed by atoms with Crippen LogP contribution in [0.4, 0.5) is 14.9 Å². The van der Waals surface area contributed by atoms with Gasteiger partial charge in [-0.25, -0.2) is 14.1 Å². The average Bonchev–Trinajstić information content (AvgIpc) is 3.08. The highest BCUT2D eigenvalue weighted by atomic mass is 19.1. The number of rotatable bonds is 5. The van der Waals surface area contributed by atoms with Gasteiger partial charge in [-0.05, 0) is 39.0 Å². The van der Waals surface area contributed by atoms with E-state index in [4.69, 9.17) is 4.74 Å². The zero-order valence-corrected chi connectivity index (χ0v) is 14.2. The molecule has 1 saturated heterocycles. The van der Waals surface area contributed by atoms with Crippen molar-refractivity contribution in [1.29, 1.82) is 0 Å². The number of anilines is 1. The normalized spacial score (nSPS) is 20.3. The fraction of sp³-hybridized carbons (Fsp3) is 0.353. The number of aromatic nitrogens is 2. The van der Waals surface area contributed by atoms with Gasteiger partial charge in [0.05, 0.1) is 18.3 Å². The Kier molecular flexibility index (Phi) is 4.20. The van der Waals surface area contributed by atoms with Crippen LogP contribution in [0.3, 0.4) is 0 Å². The highest BCUT2D eigenvalue weighted by molar-refractivity contribution is 6.23. The van der Waals surface area contributed by atoms with E-state index in [1.165, 1.54) is 22.9 Å². The summed E-state index contributed by atoms with van der Waals surface area (Å²) in [6.07, 6.45) is 3.15. The lowest BCUT2D eigenvalue weighted by Crippen LogP contribution is -2.47. The molecular formula is C17H19FN4O3. The minimum absolute atomic E-state index is 0.109. The van der Waals surface area contributed by atoms with E-state index < -0.39 is 23.3 Å². The summed E-state index contributed by atoms with van der Waals surface area (Å²) in [5, 5.41) is 6.66. The van der Waals surface area contributed by atoms with Crippen LogP contribution in [0.25, 0.3) is 0 Å². The van der Waals surface area contributed by atoms with E-state index in [0.29, 0.717) is 5.75 Å². The molecule has 1 aromatic heterocycles. The predicted molar refractivity (Wildman–Crippen MR) is 88.8 cm³/mol. The third-order valence-corrected chi connectivity index (χ3v) is 3.83. The van der Waals surface area contributed by atoms with Gasteiger partial charge in [0, 0.05) is 18.5 Å². The number of urea groups is 1. The molecule has 0 radical (unpaired) electrons. The Morgan fingerprint density at radius 3 is 2.72 bits per heavy atom. The van der Waals surface area contributed by atoms with Gasteiger partial charge in [0.25, 0.3) is 5.91 Å². The summed E-state index contributed by atoms with van der Waals surface area (Å²) in [6, 6.07) is 5.11. The molecule has 1 aliphatic rings. The number of nitrogens with zero attached hydrogens (tertiary/aromatic N) is 3. The minimum Gasteiger partial charge on any atom is -0.491 e. The first-order chi connectivity index (χ1) is 11.8. The quantitative estimate of drug-likeness (QED) is 0.843. The molecule has 0 bridgehead atoms. The summed E-state index contributed by atoms with van der Waals surface area (Å²) in [7, 11) is 0. The highest BCUT2D eigenvalue weighted by Crippen LogP contribution is 2.30. The summed E-state index contributed by atoms with van der Waals surface area (Å²) in [5.41, 5.74) is -1.31. The number of nitrogens with one attached hydrogen (secondary N) is 1. The van der Waals surface area contributed by atoms with Crippen molar-refractivity contribution in [2.45, 2.75) is 39.0 Å². The number of hydrogen-bond acceptors (Lipinski definition) is 4. The van der Waals surface area contributed by atoms with Gasteiger partial charge < -0.3 is 10.1 Å². The van der Waals surface area contributed by atoms with Crippen LogP contribution in [0, 0.1) is 5.82 Å². The molecule has 1 fully saturated rings. The van der Waals surface area contributed by atoms with E-state index in [1.807, 2.05) is 13.8 Å². The Morgan fingerprint density at radius 2 is 2.12 bits per heavy atom. The third-order valence-electron chi connectivity index (χ3n) is 3.83. The van der Waals surface area contributed by atoms with Crippen molar-refractivity contribution in [1.82, 2.24) is 15.1 Å². The molecule has 0 saturated carbocycles. The zero-order valence-electron chi connectivity index (χ0n) is 14.2. The molecule has 3 rings (SSSR count). The molecule has 1 unspecified atom stereocenters. The average molecular weight is 346 g/mol. The molecule has 1 aromatic carbocycles. The summed E-state index contributed by atoms with van der Waals surface area (Å²) in [5.74, 6) is -0.906. The number of benzene rings is 1. The van der Waals surface area contributed by atoms with Crippen molar-refractivity contribution < 1.29 is 18.7 Å². The van der Waals surface area contributed by atoms with Crippen LogP contribution in [0.2, 0.25) is 0 Å². The van der Waals surface area contributed by atoms with Crippen molar-refractivity contribution in [3.8, 4) is 5.75 Å². The molecule has 1 atom stereocenters. The van der Waals surface area contributed by atoms with Gasteiger partial charge in [-0.1, -0.05) is 0 Å². The molecule has 8 heteroatoms. The largest absolute Gasteiger partial charge is 0.491 e. The molecule has 132 valence electrons. The molecule has 25 heavy (non-hydrogen) atoms. The molecule has 1 aliphatic heterocycles. The van der Waals surface area contributed by atoms with Crippen LogP contribution < -0.4 is 15.0 Å². The molecule has 3 amide bonds. The molecule has 7 nitrogen and oxygen atoms in total. The molecule has 2 aromatic rings. The van der Waals surface area contributed by atoms with Crippen LogP contribution in [-0.2, 0) is 11.3 Å². The van der Waals surface area contributed by atoms with Crippen molar-refractivity contribution in [2.24, 2.45) is 0 Å². The topological polar surface area (TPSA) is 76.5 Å². The van der Waals surface area contributed by atoms with Gasteiger partial charge in [0.2, 0.25) is 0 Å². The van der Waals surface area contributed by atoms with Gasteiger partial charge >= 0.3 is 6.03 Å². The highest BCUT2D eigenvalue weighted by Gasteiger charge is 2.49. The van der Waals surface area contributed by atoms with Crippen LogP contribution >= 0.6 is 0 Å². The second-order valence-corrected chi connectivity index (χ2v) is 6.39.